The molecule has 220 valence electrons. The molecule has 0 aliphatic heterocycles. The molecule has 0 aliphatic carbocycles. The minimum absolute atomic E-state index is 0.00224. The van der Waals surface area contributed by atoms with Gasteiger partial charge in [-0.2, -0.15) is 0 Å². The molecule has 2 N–H and O–H groups in total. The smallest absolute Gasteiger partial charge is 0.264 e. The van der Waals surface area contributed by atoms with Crippen LogP contribution >= 0.6 is 0 Å². The first kappa shape index (κ1) is 30.4. The summed E-state index contributed by atoms with van der Waals surface area (Å²) in [6, 6.07) is 23.4. The highest BCUT2D eigenvalue weighted by Gasteiger charge is 2.28. The van der Waals surface area contributed by atoms with Gasteiger partial charge >= 0.3 is 0 Å². The first-order valence-electron chi connectivity index (χ1n) is 12.7. The number of para-hydroxylation sites is 1. The first-order valence-corrected chi connectivity index (χ1v) is 15.7. The molecule has 4 rings (SSSR count). The number of methoxy groups -OCH3 is 2. The molecule has 0 spiro atoms. The minimum atomic E-state index is -4.21. The molecule has 0 fully saturated rings. The lowest BCUT2D eigenvalue weighted by Crippen LogP contribution is -2.38. The lowest BCUT2D eigenvalue weighted by molar-refractivity contribution is -0.114. The SMILES string of the molecule is COc1ccc(S(=O)(=O)N(CC(=O)Nc2ccc(S(=O)(=O)Nc3ccc(C)cc3C)cc2)c2ccccc2)cc1OC. The van der Waals surface area contributed by atoms with E-state index < -0.39 is 32.5 Å². The summed E-state index contributed by atoms with van der Waals surface area (Å²) >= 11 is 0. The molecule has 0 saturated heterocycles. The average molecular weight is 610 g/mol. The molecule has 0 heterocycles. The van der Waals surface area contributed by atoms with E-state index in [1.165, 1.54) is 56.7 Å². The molecular weight excluding hydrogens is 578 g/mol. The molecule has 12 heteroatoms. The predicted molar refractivity (Wildman–Crippen MR) is 162 cm³/mol. The molecule has 42 heavy (non-hydrogen) atoms. The molecule has 1 amide bonds. The van der Waals surface area contributed by atoms with Gasteiger partial charge in [0, 0.05) is 11.8 Å². The summed E-state index contributed by atoms with van der Waals surface area (Å²) in [5, 5.41) is 2.65. The van der Waals surface area contributed by atoms with Gasteiger partial charge in [-0.15, -0.1) is 0 Å². The van der Waals surface area contributed by atoms with Gasteiger partial charge in [-0.25, -0.2) is 16.8 Å². The van der Waals surface area contributed by atoms with Crippen LogP contribution in [0.3, 0.4) is 0 Å². The first-order chi connectivity index (χ1) is 19.9. The van der Waals surface area contributed by atoms with E-state index in [1.54, 1.807) is 36.4 Å². The van der Waals surface area contributed by atoms with Crippen molar-refractivity contribution >= 4 is 43.0 Å². The number of amides is 1. The van der Waals surface area contributed by atoms with Crippen molar-refractivity contribution in [3.05, 3.63) is 102 Å². The summed E-state index contributed by atoms with van der Waals surface area (Å²) in [6.07, 6.45) is 0. The number of rotatable bonds is 11. The van der Waals surface area contributed by atoms with Gasteiger partial charge in [0.25, 0.3) is 20.0 Å². The van der Waals surface area contributed by atoms with Gasteiger partial charge in [0.05, 0.1) is 35.4 Å². The van der Waals surface area contributed by atoms with Crippen LogP contribution in [0.2, 0.25) is 0 Å². The number of nitrogens with zero attached hydrogens (tertiary/aromatic N) is 1. The largest absolute Gasteiger partial charge is 0.493 e. The molecule has 0 unspecified atom stereocenters. The van der Waals surface area contributed by atoms with Gasteiger partial charge in [0.1, 0.15) is 6.54 Å². The number of carbonyl (C=O) groups is 1. The summed E-state index contributed by atoms with van der Waals surface area (Å²) in [5.74, 6) is -0.0554. The zero-order valence-electron chi connectivity index (χ0n) is 23.5. The molecule has 0 aromatic heterocycles. The van der Waals surface area contributed by atoms with Crippen LogP contribution in [0.25, 0.3) is 0 Å². The summed E-state index contributed by atoms with van der Waals surface area (Å²) < 4.78 is 67.3. The third-order valence-corrected chi connectivity index (χ3v) is 9.50. The molecular formula is C30H31N3O7S2. The monoisotopic (exact) mass is 609 g/mol. The van der Waals surface area contributed by atoms with E-state index in [1.807, 2.05) is 26.0 Å². The Morgan fingerprint density at radius 1 is 0.762 bits per heavy atom. The van der Waals surface area contributed by atoms with Crippen LogP contribution < -0.4 is 23.8 Å². The van der Waals surface area contributed by atoms with Crippen LogP contribution in [-0.2, 0) is 24.8 Å². The van der Waals surface area contributed by atoms with Crippen LogP contribution in [-0.4, -0.2) is 43.5 Å². The summed E-state index contributed by atoms with van der Waals surface area (Å²) in [7, 11) is -5.25. The van der Waals surface area contributed by atoms with Gasteiger partial charge in [-0.3, -0.25) is 13.8 Å². The van der Waals surface area contributed by atoms with Gasteiger partial charge in [-0.05, 0) is 74.0 Å². The Morgan fingerprint density at radius 2 is 1.40 bits per heavy atom. The van der Waals surface area contributed by atoms with Crippen molar-refractivity contribution in [2.75, 3.05) is 35.1 Å². The van der Waals surface area contributed by atoms with Crippen molar-refractivity contribution in [2.45, 2.75) is 23.6 Å². The Hall–Kier alpha value is -4.55. The highest BCUT2D eigenvalue weighted by atomic mass is 32.2. The lowest BCUT2D eigenvalue weighted by Gasteiger charge is -2.24. The highest BCUT2D eigenvalue weighted by Crippen LogP contribution is 2.32. The van der Waals surface area contributed by atoms with Crippen molar-refractivity contribution in [3.8, 4) is 11.5 Å². The van der Waals surface area contributed by atoms with Crippen molar-refractivity contribution < 1.29 is 31.1 Å². The molecule has 0 radical (unpaired) electrons. The second kappa shape index (κ2) is 12.5. The third kappa shape index (κ3) is 6.84. The van der Waals surface area contributed by atoms with Crippen LogP contribution in [0.5, 0.6) is 11.5 Å². The molecule has 0 aliphatic rings. The number of hydrogen-bond donors (Lipinski definition) is 2. The number of benzene rings is 4. The molecule has 0 bridgehead atoms. The van der Waals surface area contributed by atoms with E-state index in [4.69, 9.17) is 9.47 Å². The summed E-state index contributed by atoms with van der Waals surface area (Å²) in [6.45, 7) is 3.19. The lowest BCUT2D eigenvalue weighted by atomic mass is 10.1. The second-order valence-electron chi connectivity index (χ2n) is 9.36. The standard InChI is InChI=1S/C30H31N3O7S2/c1-21-10-16-27(22(2)18-21)32-41(35,36)25-13-11-23(12-14-25)31-30(34)20-33(24-8-6-5-7-9-24)42(37,38)26-15-17-28(39-3)29(19-26)40-4/h5-19,32H,20H2,1-4H3,(H,31,34). The zero-order valence-corrected chi connectivity index (χ0v) is 25.1. The van der Waals surface area contributed by atoms with E-state index in [2.05, 4.69) is 10.0 Å². The Balaban J connectivity index is 1.54. The van der Waals surface area contributed by atoms with Crippen molar-refractivity contribution in [2.24, 2.45) is 0 Å². The zero-order chi connectivity index (χ0) is 30.5. The number of ether oxygens (including phenoxy) is 2. The van der Waals surface area contributed by atoms with Gasteiger partial charge < -0.3 is 14.8 Å². The van der Waals surface area contributed by atoms with E-state index >= 15 is 0 Å². The van der Waals surface area contributed by atoms with Crippen LogP contribution in [0.1, 0.15) is 11.1 Å². The second-order valence-corrected chi connectivity index (χ2v) is 12.9. The number of nitrogens with one attached hydrogen (secondary N) is 2. The fourth-order valence-electron chi connectivity index (χ4n) is 4.19. The van der Waals surface area contributed by atoms with Crippen molar-refractivity contribution in [3.63, 3.8) is 0 Å². The van der Waals surface area contributed by atoms with Crippen molar-refractivity contribution in [1.29, 1.82) is 0 Å². The molecule has 4 aromatic rings. The quantitative estimate of drug-likeness (QED) is 0.246. The number of anilines is 3. The maximum atomic E-state index is 13.7. The Kier molecular flexibility index (Phi) is 9.08. The highest BCUT2D eigenvalue weighted by molar-refractivity contribution is 7.93. The van der Waals surface area contributed by atoms with Crippen LogP contribution in [0.15, 0.2) is 101 Å². The number of aryl methyl sites for hydroxylation is 2. The normalized spacial score (nSPS) is 11.4. The third-order valence-electron chi connectivity index (χ3n) is 6.35. The van der Waals surface area contributed by atoms with Crippen molar-refractivity contribution in [1.82, 2.24) is 0 Å². The van der Waals surface area contributed by atoms with Crippen LogP contribution in [0.4, 0.5) is 17.1 Å². The topological polar surface area (TPSA) is 131 Å². The maximum Gasteiger partial charge on any atom is 0.264 e. The van der Waals surface area contributed by atoms with E-state index in [0.717, 1.165) is 15.4 Å². The fraction of sp³-hybridized carbons (Fsp3) is 0.167. The van der Waals surface area contributed by atoms with E-state index in [-0.39, 0.29) is 21.2 Å². The van der Waals surface area contributed by atoms with Gasteiger partial charge in [-0.1, -0.05) is 35.9 Å². The van der Waals surface area contributed by atoms with E-state index in [9.17, 15) is 21.6 Å². The minimum Gasteiger partial charge on any atom is -0.493 e. The maximum absolute atomic E-state index is 13.7. The Labute approximate surface area is 246 Å². The van der Waals surface area contributed by atoms with Gasteiger partial charge in [0.2, 0.25) is 5.91 Å². The summed E-state index contributed by atoms with van der Waals surface area (Å²) in [5.41, 5.74) is 2.84. The Bertz CT molecular complexity index is 1790. The molecule has 0 atom stereocenters. The molecule has 10 nitrogen and oxygen atoms in total. The number of sulfonamides is 2. The predicted octanol–water partition coefficient (Wildman–Crippen LogP) is 4.96. The van der Waals surface area contributed by atoms with E-state index in [0.29, 0.717) is 17.1 Å². The number of hydrogen-bond acceptors (Lipinski definition) is 7. The Morgan fingerprint density at radius 3 is 2.02 bits per heavy atom. The average Bonchev–Trinajstić information content (AvgIpc) is 2.97. The fourth-order valence-corrected chi connectivity index (χ4v) is 6.76. The van der Waals surface area contributed by atoms with Crippen LogP contribution in [0, 0.1) is 13.8 Å². The molecule has 0 saturated carbocycles. The van der Waals surface area contributed by atoms with Gasteiger partial charge in [0.15, 0.2) is 11.5 Å². The summed E-state index contributed by atoms with van der Waals surface area (Å²) in [4.78, 5) is 13.0. The number of carbonyl (C=O) groups excluding carboxylic acids is 1. The molecule has 4 aromatic carbocycles.